The van der Waals surface area contributed by atoms with E-state index < -0.39 is 17.7 Å². The number of phenolic OH excluding ortho intramolecular Hbond substituents is 1. The Balaban J connectivity index is 1.74. The molecule has 0 aliphatic carbocycles. The molecule has 2 heterocycles. The van der Waals surface area contributed by atoms with E-state index in [2.05, 4.69) is 4.98 Å². The molecule has 7 nitrogen and oxygen atoms in total. The van der Waals surface area contributed by atoms with E-state index in [1.165, 1.54) is 22.3 Å². The van der Waals surface area contributed by atoms with Gasteiger partial charge in [-0.25, -0.2) is 4.98 Å². The van der Waals surface area contributed by atoms with E-state index >= 15 is 0 Å². The lowest BCUT2D eigenvalue weighted by Gasteiger charge is -2.23. The number of nitrogens with zero attached hydrogens (tertiary/aromatic N) is 2. The molecule has 5 rings (SSSR count). The summed E-state index contributed by atoms with van der Waals surface area (Å²) >= 11 is 1.30. The second-order valence-corrected chi connectivity index (χ2v) is 9.67. The average Bonchev–Trinajstić information content (AvgIpc) is 3.38. The second-order valence-electron chi connectivity index (χ2n) is 8.66. The van der Waals surface area contributed by atoms with Gasteiger partial charge in [-0.15, -0.1) is 0 Å². The normalized spacial score (nSPS) is 17.2. The van der Waals surface area contributed by atoms with Crippen molar-refractivity contribution in [1.82, 2.24) is 4.98 Å². The van der Waals surface area contributed by atoms with E-state index in [4.69, 9.17) is 4.74 Å². The number of aryl methyl sites for hydroxylation is 2. The summed E-state index contributed by atoms with van der Waals surface area (Å²) in [4.78, 5) is 32.8. The summed E-state index contributed by atoms with van der Waals surface area (Å²) < 4.78 is 6.44. The van der Waals surface area contributed by atoms with Crippen LogP contribution in [0.4, 0.5) is 5.13 Å². The number of aliphatic hydroxyl groups excluding tert-OH is 1. The number of aromatic nitrogens is 1. The molecular weight excluding hydrogens is 476 g/mol. The summed E-state index contributed by atoms with van der Waals surface area (Å²) in [7, 11) is 0. The molecule has 1 aliphatic heterocycles. The fourth-order valence-electron chi connectivity index (χ4n) is 4.31. The highest BCUT2D eigenvalue weighted by Gasteiger charge is 2.48. The summed E-state index contributed by atoms with van der Waals surface area (Å²) in [6.07, 6.45) is 0. The van der Waals surface area contributed by atoms with Gasteiger partial charge in [-0.1, -0.05) is 53.3 Å². The first kappa shape index (κ1) is 23.6. The number of thiazole rings is 1. The monoisotopic (exact) mass is 500 g/mol. The molecule has 0 saturated carbocycles. The van der Waals surface area contributed by atoms with E-state index in [9.17, 15) is 19.8 Å². The Morgan fingerprint density at radius 3 is 2.47 bits per heavy atom. The molecule has 0 bridgehead atoms. The number of fused-ring (bicyclic) bond motifs is 1. The molecule has 0 radical (unpaired) electrons. The van der Waals surface area contributed by atoms with E-state index in [0.717, 1.165) is 15.8 Å². The number of anilines is 1. The number of Topliss-reactive ketones (excluding diaryl/α,β-unsaturated/α-hetero) is 1. The maximum Gasteiger partial charge on any atom is 0.301 e. The van der Waals surface area contributed by atoms with Gasteiger partial charge in [0, 0.05) is 5.56 Å². The van der Waals surface area contributed by atoms with Crippen LogP contribution < -0.4 is 9.64 Å². The Bertz CT molecular complexity index is 1540. The van der Waals surface area contributed by atoms with E-state index in [1.54, 1.807) is 31.2 Å². The fourth-order valence-corrected chi connectivity index (χ4v) is 5.40. The lowest BCUT2D eigenvalue weighted by atomic mass is 9.95. The summed E-state index contributed by atoms with van der Waals surface area (Å²) in [6, 6.07) is 16.5. The number of rotatable bonds is 5. The van der Waals surface area contributed by atoms with Crippen LogP contribution in [-0.2, 0) is 9.59 Å². The minimum absolute atomic E-state index is 0.0487. The predicted molar refractivity (Wildman–Crippen MR) is 140 cm³/mol. The molecule has 1 amide bonds. The molecule has 2 N–H and O–H groups in total. The van der Waals surface area contributed by atoms with Crippen LogP contribution in [0, 0.1) is 13.8 Å². The van der Waals surface area contributed by atoms with Gasteiger partial charge in [0.2, 0.25) is 0 Å². The molecule has 4 aromatic rings. The largest absolute Gasteiger partial charge is 0.507 e. The van der Waals surface area contributed by atoms with E-state index in [1.807, 2.05) is 44.2 Å². The number of carbonyl (C=O) groups is 2. The molecule has 1 saturated heterocycles. The SMILES string of the molecule is CCOc1cc(C2C(=C(O)c3ccc(C)cc3)C(=O)C(=O)N2c2nc3ccc(C)cc3s2)ccc1O. The smallest absolute Gasteiger partial charge is 0.301 e. The van der Waals surface area contributed by atoms with Crippen LogP contribution in [0.25, 0.3) is 16.0 Å². The van der Waals surface area contributed by atoms with Crippen molar-refractivity contribution in [1.29, 1.82) is 0 Å². The number of hydrogen-bond acceptors (Lipinski definition) is 7. The number of aromatic hydroxyl groups is 1. The quantitative estimate of drug-likeness (QED) is 0.209. The van der Waals surface area contributed by atoms with Gasteiger partial charge in [0.15, 0.2) is 16.6 Å². The Kier molecular flexibility index (Phi) is 5.97. The summed E-state index contributed by atoms with van der Waals surface area (Å²) in [6.45, 7) is 6.00. The summed E-state index contributed by atoms with van der Waals surface area (Å²) in [5.74, 6) is -1.71. The first-order chi connectivity index (χ1) is 17.3. The van der Waals surface area contributed by atoms with Gasteiger partial charge in [-0.2, -0.15) is 0 Å². The molecule has 3 aromatic carbocycles. The minimum Gasteiger partial charge on any atom is -0.507 e. The van der Waals surface area contributed by atoms with Crippen LogP contribution in [-0.4, -0.2) is 33.5 Å². The maximum absolute atomic E-state index is 13.4. The lowest BCUT2D eigenvalue weighted by molar-refractivity contribution is -0.132. The number of hydrogen-bond donors (Lipinski definition) is 2. The molecule has 1 aromatic heterocycles. The highest BCUT2D eigenvalue weighted by molar-refractivity contribution is 7.22. The summed E-state index contributed by atoms with van der Waals surface area (Å²) in [5.41, 5.74) is 3.63. The Labute approximate surface area is 211 Å². The van der Waals surface area contributed by atoms with Crippen molar-refractivity contribution in [3.8, 4) is 11.5 Å². The number of benzene rings is 3. The van der Waals surface area contributed by atoms with Gasteiger partial charge >= 0.3 is 5.91 Å². The standard InChI is InChI=1S/C28H24N2O5S/c1-4-35-21-14-18(10-12-20(21)31)24-23(25(32)17-8-5-15(2)6-9-17)26(33)27(34)30(24)28-29-19-11-7-16(3)13-22(19)36-28/h5-14,24,31-32H,4H2,1-3H3. The van der Waals surface area contributed by atoms with E-state index in [0.29, 0.717) is 28.4 Å². The second kappa shape index (κ2) is 9.13. The van der Waals surface area contributed by atoms with Crippen LogP contribution >= 0.6 is 11.3 Å². The van der Waals surface area contributed by atoms with Crippen molar-refractivity contribution >= 4 is 44.1 Å². The van der Waals surface area contributed by atoms with E-state index in [-0.39, 0.29) is 22.8 Å². The highest BCUT2D eigenvalue weighted by Crippen LogP contribution is 2.45. The molecule has 1 atom stereocenters. The van der Waals surface area contributed by atoms with Gasteiger partial charge in [0.1, 0.15) is 5.76 Å². The molecule has 8 heteroatoms. The highest BCUT2D eigenvalue weighted by atomic mass is 32.1. The Morgan fingerprint density at radius 2 is 1.75 bits per heavy atom. The minimum atomic E-state index is -0.965. The topological polar surface area (TPSA) is 100.0 Å². The third-order valence-corrected chi connectivity index (χ3v) is 7.13. The average molecular weight is 501 g/mol. The first-order valence-corrected chi connectivity index (χ1v) is 12.3. The zero-order valence-electron chi connectivity index (χ0n) is 20.0. The van der Waals surface area contributed by atoms with Gasteiger partial charge in [-0.05, 0) is 56.2 Å². The lowest BCUT2D eigenvalue weighted by Crippen LogP contribution is -2.29. The van der Waals surface area contributed by atoms with Gasteiger partial charge in [-0.3, -0.25) is 14.5 Å². The third-order valence-electron chi connectivity index (χ3n) is 6.11. The van der Waals surface area contributed by atoms with Crippen molar-refractivity contribution in [2.75, 3.05) is 11.5 Å². The number of ketones is 1. The molecule has 0 spiro atoms. The number of carbonyl (C=O) groups excluding carboxylic acids is 2. The number of amides is 1. The summed E-state index contributed by atoms with van der Waals surface area (Å²) in [5, 5.41) is 21.9. The van der Waals surface area contributed by atoms with Crippen molar-refractivity contribution in [2.45, 2.75) is 26.8 Å². The van der Waals surface area contributed by atoms with Crippen LogP contribution in [0.5, 0.6) is 11.5 Å². The fraction of sp³-hybridized carbons (Fsp3) is 0.179. The third kappa shape index (κ3) is 3.99. The zero-order valence-corrected chi connectivity index (χ0v) is 20.8. The van der Waals surface area contributed by atoms with Gasteiger partial charge in [0.25, 0.3) is 5.78 Å². The predicted octanol–water partition coefficient (Wildman–Crippen LogP) is 5.64. The number of phenols is 1. The van der Waals surface area contributed by atoms with Crippen molar-refractivity contribution in [2.24, 2.45) is 0 Å². The number of ether oxygens (including phenoxy) is 1. The molecule has 182 valence electrons. The molecule has 1 fully saturated rings. The molecular formula is C28H24N2O5S. The van der Waals surface area contributed by atoms with Crippen LogP contribution in [0.15, 0.2) is 66.2 Å². The molecule has 36 heavy (non-hydrogen) atoms. The maximum atomic E-state index is 13.4. The van der Waals surface area contributed by atoms with Gasteiger partial charge in [0.05, 0.1) is 28.4 Å². The Hall–Kier alpha value is -4.17. The van der Waals surface area contributed by atoms with Crippen molar-refractivity contribution in [3.05, 3.63) is 88.5 Å². The first-order valence-electron chi connectivity index (χ1n) is 11.5. The van der Waals surface area contributed by atoms with Crippen LogP contribution in [0.2, 0.25) is 0 Å². The Morgan fingerprint density at radius 1 is 1.03 bits per heavy atom. The van der Waals surface area contributed by atoms with Crippen LogP contribution in [0.1, 0.15) is 35.2 Å². The van der Waals surface area contributed by atoms with Crippen molar-refractivity contribution in [3.63, 3.8) is 0 Å². The zero-order chi connectivity index (χ0) is 25.6. The molecule has 1 aliphatic rings. The molecule has 1 unspecified atom stereocenters. The number of aliphatic hydroxyl groups is 1. The van der Waals surface area contributed by atoms with Gasteiger partial charge < -0.3 is 14.9 Å². The van der Waals surface area contributed by atoms with Crippen LogP contribution in [0.3, 0.4) is 0 Å². The van der Waals surface area contributed by atoms with Crippen molar-refractivity contribution < 1.29 is 24.5 Å².